The molecule has 0 aliphatic carbocycles. The summed E-state index contributed by atoms with van der Waals surface area (Å²) in [5.74, 6) is 0.473. The van der Waals surface area contributed by atoms with Crippen LogP contribution < -0.4 is 4.74 Å². The van der Waals surface area contributed by atoms with Crippen molar-refractivity contribution in [2.24, 2.45) is 0 Å². The molecule has 0 aromatic carbocycles. The summed E-state index contributed by atoms with van der Waals surface area (Å²) in [7, 11) is 0. The number of aliphatic hydroxyl groups excluding tert-OH is 1. The molecule has 0 amide bonds. The van der Waals surface area contributed by atoms with Crippen LogP contribution in [0.2, 0.25) is 5.15 Å². The molecule has 0 aliphatic rings. The third-order valence-electron chi connectivity index (χ3n) is 1.68. The average molecular weight is 217 g/mol. The summed E-state index contributed by atoms with van der Waals surface area (Å²) in [6, 6.07) is 0. The van der Waals surface area contributed by atoms with Crippen molar-refractivity contribution in [1.82, 2.24) is 9.97 Å². The average Bonchev–Trinajstić information content (AvgIpc) is 2.19. The van der Waals surface area contributed by atoms with Crippen LogP contribution in [0.15, 0.2) is 6.33 Å². The van der Waals surface area contributed by atoms with Crippen LogP contribution in [0.4, 0.5) is 0 Å². The molecule has 1 aromatic heterocycles. The molecule has 14 heavy (non-hydrogen) atoms. The number of ether oxygens (including phenoxy) is 1. The molecule has 0 unspecified atom stereocenters. The van der Waals surface area contributed by atoms with E-state index in [1.807, 2.05) is 6.92 Å². The van der Waals surface area contributed by atoms with Gasteiger partial charge in [-0.05, 0) is 6.42 Å². The Labute approximate surface area is 87.9 Å². The van der Waals surface area contributed by atoms with Crippen LogP contribution >= 0.6 is 11.6 Å². The Morgan fingerprint density at radius 1 is 1.50 bits per heavy atom. The summed E-state index contributed by atoms with van der Waals surface area (Å²) in [6.07, 6.45) is 3.08. The third-order valence-corrected chi connectivity index (χ3v) is 2.01. The maximum Gasteiger partial charge on any atom is 0.221 e. The van der Waals surface area contributed by atoms with Gasteiger partial charge in [-0.25, -0.2) is 9.97 Å². The van der Waals surface area contributed by atoms with Gasteiger partial charge in [0.05, 0.1) is 12.2 Å². The Bertz CT molecular complexity index is 294. The molecule has 1 heterocycles. The van der Waals surface area contributed by atoms with Crippen LogP contribution in [-0.2, 0) is 6.42 Å². The highest BCUT2D eigenvalue weighted by molar-refractivity contribution is 6.30. The molecule has 0 radical (unpaired) electrons. The first-order valence-electron chi connectivity index (χ1n) is 4.52. The lowest BCUT2D eigenvalue weighted by Gasteiger charge is -2.08. The van der Waals surface area contributed by atoms with Crippen LogP contribution in [-0.4, -0.2) is 28.3 Å². The number of hydrogen-bond donors (Lipinski definition) is 1. The molecule has 0 aliphatic heterocycles. The minimum Gasteiger partial charge on any atom is -0.475 e. The minimum absolute atomic E-state index is 0.0345. The van der Waals surface area contributed by atoms with Crippen molar-refractivity contribution in [2.75, 3.05) is 13.2 Å². The van der Waals surface area contributed by atoms with E-state index in [1.165, 1.54) is 6.33 Å². The molecule has 0 saturated carbocycles. The first-order chi connectivity index (χ1) is 6.79. The summed E-state index contributed by atoms with van der Waals surface area (Å²) in [4.78, 5) is 7.85. The Morgan fingerprint density at radius 2 is 2.29 bits per heavy atom. The topological polar surface area (TPSA) is 55.2 Å². The number of halogens is 1. The second-order valence-electron chi connectivity index (χ2n) is 2.77. The van der Waals surface area contributed by atoms with Crippen molar-refractivity contribution in [2.45, 2.75) is 19.8 Å². The Hall–Kier alpha value is -0.870. The molecule has 0 atom stereocenters. The lowest BCUT2D eigenvalue weighted by molar-refractivity contribution is 0.195. The van der Waals surface area contributed by atoms with Gasteiger partial charge in [-0.3, -0.25) is 0 Å². The van der Waals surface area contributed by atoms with E-state index in [1.54, 1.807) is 0 Å². The molecule has 0 fully saturated rings. The van der Waals surface area contributed by atoms with Crippen LogP contribution in [0, 0.1) is 0 Å². The summed E-state index contributed by atoms with van der Waals surface area (Å²) in [5.41, 5.74) is 0.810. The van der Waals surface area contributed by atoms with Gasteiger partial charge in [0.2, 0.25) is 5.88 Å². The van der Waals surface area contributed by atoms with Crippen molar-refractivity contribution in [1.29, 1.82) is 0 Å². The molecule has 78 valence electrons. The SMILES string of the molecule is CCCc1c(Cl)ncnc1OCCO. The minimum atomic E-state index is -0.0345. The quantitative estimate of drug-likeness (QED) is 0.757. The van der Waals surface area contributed by atoms with Crippen molar-refractivity contribution in [3.05, 3.63) is 17.0 Å². The number of rotatable bonds is 5. The molecule has 1 N–H and O–H groups in total. The van der Waals surface area contributed by atoms with Gasteiger partial charge in [0, 0.05) is 0 Å². The van der Waals surface area contributed by atoms with Crippen molar-refractivity contribution >= 4 is 11.6 Å². The van der Waals surface area contributed by atoms with Crippen molar-refractivity contribution in [3.8, 4) is 5.88 Å². The molecule has 0 spiro atoms. The molecular formula is C9H13ClN2O2. The maximum absolute atomic E-state index is 8.62. The fraction of sp³-hybridized carbons (Fsp3) is 0.556. The number of hydrogen-bond acceptors (Lipinski definition) is 4. The summed E-state index contributed by atoms with van der Waals surface area (Å²) in [5, 5.41) is 9.04. The van der Waals surface area contributed by atoms with Crippen LogP contribution in [0.25, 0.3) is 0 Å². The zero-order valence-electron chi connectivity index (χ0n) is 8.03. The molecule has 1 aromatic rings. The lowest BCUT2D eigenvalue weighted by Crippen LogP contribution is -2.06. The van der Waals surface area contributed by atoms with E-state index in [-0.39, 0.29) is 13.2 Å². The highest BCUT2D eigenvalue weighted by Crippen LogP contribution is 2.22. The standard InChI is InChI=1S/C9H13ClN2O2/c1-2-3-7-8(10)11-6-12-9(7)14-5-4-13/h6,13H,2-5H2,1H3. The molecule has 4 nitrogen and oxygen atoms in total. The van der Waals surface area contributed by atoms with Crippen LogP contribution in [0.1, 0.15) is 18.9 Å². The molecule has 5 heteroatoms. The number of aromatic nitrogens is 2. The van der Waals surface area contributed by atoms with E-state index in [0.29, 0.717) is 11.0 Å². The zero-order valence-corrected chi connectivity index (χ0v) is 8.79. The predicted molar refractivity (Wildman–Crippen MR) is 53.6 cm³/mol. The first kappa shape index (κ1) is 11.2. The van der Waals surface area contributed by atoms with Gasteiger partial charge in [0.15, 0.2) is 0 Å². The van der Waals surface area contributed by atoms with Gasteiger partial charge < -0.3 is 9.84 Å². The van der Waals surface area contributed by atoms with Gasteiger partial charge in [-0.2, -0.15) is 0 Å². The molecule has 1 rings (SSSR count). The Morgan fingerprint density at radius 3 is 2.93 bits per heavy atom. The smallest absolute Gasteiger partial charge is 0.221 e. The monoisotopic (exact) mass is 216 g/mol. The highest BCUT2D eigenvalue weighted by Gasteiger charge is 2.09. The predicted octanol–water partition coefficient (Wildman–Crippen LogP) is 1.45. The normalized spacial score (nSPS) is 10.2. The van der Waals surface area contributed by atoms with Crippen molar-refractivity contribution < 1.29 is 9.84 Å². The highest BCUT2D eigenvalue weighted by atomic mass is 35.5. The largest absolute Gasteiger partial charge is 0.475 e. The van der Waals surface area contributed by atoms with Crippen LogP contribution in [0.5, 0.6) is 5.88 Å². The van der Waals surface area contributed by atoms with Gasteiger partial charge in [0.25, 0.3) is 0 Å². The maximum atomic E-state index is 8.62. The van der Waals surface area contributed by atoms with E-state index >= 15 is 0 Å². The fourth-order valence-electron chi connectivity index (χ4n) is 1.10. The summed E-state index contributed by atoms with van der Waals surface area (Å²) in [6.45, 7) is 2.23. The first-order valence-corrected chi connectivity index (χ1v) is 4.90. The van der Waals surface area contributed by atoms with Gasteiger partial charge in [0.1, 0.15) is 18.1 Å². The van der Waals surface area contributed by atoms with Crippen LogP contribution in [0.3, 0.4) is 0 Å². The molecule has 0 saturated heterocycles. The molecule has 0 bridgehead atoms. The van der Waals surface area contributed by atoms with Gasteiger partial charge in [-0.15, -0.1) is 0 Å². The van der Waals surface area contributed by atoms with E-state index in [4.69, 9.17) is 21.4 Å². The van der Waals surface area contributed by atoms with E-state index in [9.17, 15) is 0 Å². The fourth-order valence-corrected chi connectivity index (χ4v) is 1.32. The van der Waals surface area contributed by atoms with E-state index in [0.717, 1.165) is 18.4 Å². The number of nitrogens with zero attached hydrogens (tertiary/aromatic N) is 2. The number of aliphatic hydroxyl groups is 1. The lowest BCUT2D eigenvalue weighted by atomic mass is 10.2. The summed E-state index contributed by atoms with van der Waals surface area (Å²) >= 11 is 5.89. The van der Waals surface area contributed by atoms with Gasteiger partial charge >= 0.3 is 0 Å². The Balaban J connectivity index is 2.83. The third kappa shape index (κ3) is 2.82. The van der Waals surface area contributed by atoms with E-state index < -0.39 is 0 Å². The zero-order chi connectivity index (χ0) is 10.4. The van der Waals surface area contributed by atoms with Gasteiger partial charge in [-0.1, -0.05) is 24.9 Å². The Kier molecular flexibility index (Phi) is 4.62. The second kappa shape index (κ2) is 5.78. The second-order valence-corrected chi connectivity index (χ2v) is 3.13. The van der Waals surface area contributed by atoms with E-state index in [2.05, 4.69) is 9.97 Å². The summed E-state index contributed by atoms with van der Waals surface area (Å²) < 4.78 is 5.23. The van der Waals surface area contributed by atoms with Crippen molar-refractivity contribution in [3.63, 3.8) is 0 Å². The molecular weight excluding hydrogens is 204 g/mol.